The second-order valence-electron chi connectivity index (χ2n) is 4.30. The number of hydrogen-bond acceptors (Lipinski definition) is 4. The van der Waals surface area contributed by atoms with Gasteiger partial charge >= 0.3 is 0 Å². The monoisotopic (exact) mass is 218 g/mol. The summed E-state index contributed by atoms with van der Waals surface area (Å²) in [5, 5.41) is 8.93. The first kappa shape index (κ1) is 9.74. The minimum absolute atomic E-state index is 0.295. The minimum Gasteiger partial charge on any atom is -0.396 e. The summed E-state index contributed by atoms with van der Waals surface area (Å²) in [6.07, 6.45) is 5.71. The van der Waals surface area contributed by atoms with Gasteiger partial charge in [-0.3, -0.25) is 9.30 Å². The molecule has 2 aromatic rings. The Hall–Kier alpha value is -1.46. The summed E-state index contributed by atoms with van der Waals surface area (Å²) in [7, 11) is 0. The van der Waals surface area contributed by atoms with E-state index in [2.05, 4.69) is 14.9 Å². The van der Waals surface area contributed by atoms with E-state index < -0.39 is 0 Å². The van der Waals surface area contributed by atoms with Gasteiger partial charge in [-0.05, 0) is 6.07 Å². The predicted molar refractivity (Wildman–Crippen MR) is 58.8 cm³/mol. The lowest BCUT2D eigenvalue weighted by atomic mass is 10.0. The van der Waals surface area contributed by atoms with E-state index in [9.17, 15) is 0 Å². The Bertz CT molecular complexity index is 456. The molecule has 0 atom stereocenters. The first-order valence-corrected chi connectivity index (χ1v) is 5.47. The Morgan fingerprint density at radius 3 is 3.06 bits per heavy atom. The van der Waals surface area contributed by atoms with Crippen molar-refractivity contribution in [2.45, 2.75) is 6.54 Å². The van der Waals surface area contributed by atoms with Gasteiger partial charge in [0.1, 0.15) is 0 Å². The molecule has 1 N–H and O–H groups in total. The number of fused-ring (bicyclic) bond motifs is 1. The van der Waals surface area contributed by atoms with E-state index in [1.807, 2.05) is 22.9 Å². The summed E-state index contributed by atoms with van der Waals surface area (Å²) >= 11 is 0. The summed E-state index contributed by atoms with van der Waals surface area (Å²) in [5.74, 6) is 1.20. The quantitative estimate of drug-likeness (QED) is 0.797. The van der Waals surface area contributed by atoms with Crippen molar-refractivity contribution < 1.29 is 5.11 Å². The van der Waals surface area contributed by atoms with Crippen LogP contribution in [0.2, 0.25) is 0 Å². The van der Waals surface area contributed by atoms with E-state index >= 15 is 0 Å². The lowest BCUT2D eigenvalue weighted by Gasteiger charge is -2.37. The van der Waals surface area contributed by atoms with E-state index in [1.165, 1.54) is 0 Å². The van der Waals surface area contributed by atoms with Crippen LogP contribution in [-0.2, 0) is 6.54 Å². The molecule has 0 radical (unpaired) electrons. The van der Waals surface area contributed by atoms with E-state index in [-0.39, 0.29) is 0 Å². The predicted octanol–water partition coefficient (Wildman–Crippen LogP) is 0.153. The van der Waals surface area contributed by atoms with Gasteiger partial charge in [-0.15, -0.1) is 0 Å². The molecule has 0 amide bonds. The molecule has 0 aliphatic carbocycles. The van der Waals surface area contributed by atoms with Crippen molar-refractivity contribution in [3.05, 3.63) is 30.4 Å². The molecule has 1 fully saturated rings. The summed E-state index contributed by atoms with van der Waals surface area (Å²) in [4.78, 5) is 10.9. The van der Waals surface area contributed by atoms with Crippen molar-refractivity contribution in [1.82, 2.24) is 19.3 Å². The molecule has 0 unspecified atom stereocenters. The summed E-state index contributed by atoms with van der Waals surface area (Å²) in [6, 6.07) is 1.89. The molecule has 1 saturated heterocycles. The molecule has 1 aliphatic heterocycles. The van der Waals surface area contributed by atoms with Gasteiger partial charge in [-0.1, -0.05) is 0 Å². The van der Waals surface area contributed by atoms with Gasteiger partial charge in [0.05, 0.1) is 5.69 Å². The van der Waals surface area contributed by atoms with Crippen LogP contribution in [0, 0.1) is 5.92 Å². The second-order valence-corrected chi connectivity index (χ2v) is 4.30. The van der Waals surface area contributed by atoms with Gasteiger partial charge in [0.2, 0.25) is 5.78 Å². The Balaban J connectivity index is 1.71. The largest absolute Gasteiger partial charge is 0.396 e. The highest BCUT2D eigenvalue weighted by molar-refractivity contribution is 5.29. The number of aromatic nitrogens is 3. The highest BCUT2D eigenvalue weighted by Gasteiger charge is 2.26. The zero-order valence-electron chi connectivity index (χ0n) is 8.95. The van der Waals surface area contributed by atoms with Gasteiger partial charge in [0.15, 0.2) is 0 Å². The standard InChI is InChI=1S/C11H14N4O/c16-8-9-4-14(5-9)6-10-7-15-3-1-2-12-11(15)13-10/h1-3,7,9,16H,4-6,8H2. The second kappa shape index (κ2) is 3.84. The summed E-state index contributed by atoms with van der Waals surface area (Å²) in [5.41, 5.74) is 1.04. The van der Waals surface area contributed by atoms with Gasteiger partial charge in [0.25, 0.3) is 0 Å². The molecule has 3 heterocycles. The average molecular weight is 218 g/mol. The number of aliphatic hydroxyl groups excluding tert-OH is 1. The Morgan fingerprint density at radius 1 is 1.44 bits per heavy atom. The van der Waals surface area contributed by atoms with E-state index in [0.717, 1.165) is 31.1 Å². The van der Waals surface area contributed by atoms with E-state index in [4.69, 9.17) is 5.11 Å². The molecular weight excluding hydrogens is 204 g/mol. The van der Waals surface area contributed by atoms with Crippen molar-refractivity contribution in [2.75, 3.05) is 19.7 Å². The van der Waals surface area contributed by atoms with Crippen LogP contribution in [0.3, 0.4) is 0 Å². The Kier molecular flexibility index (Phi) is 2.34. The van der Waals surface area contributed by atoms with Crippen molar-refractivity contribution in [3.63, 3.8) is 0 Å². The Labute approximate surface area is 93.4 Å². The highest BCUT2D eigenvalue weighted by atomic mass is 16.3. The molecule has 2 aromatic heterocycles. The van der Waals surface area contributed by atoms with Crippen molar-refractivity contribution >= 4 is 5.78 Å². The SMILES string of the molecule is OCC1CN(Cc2cn3cccnc3n2)C1. The molecule has 5 heteroatoms. The van der Waals surface area contributed by atoms with Crippen LogP contribution in [0.4, 0.5) is 0 Å². The first-order valence-electron chi connectivity index (χ1n) is 5.47. The third kappa shape index (κ3) is 1.68. The number of nitrogens with zero attached hydrogens (tertiary/aromatic N) is 4. The van der Waals surface area contributed by atoms with Gasteiger partial charge in [0, 0.05) is 50.7 Å². The molecule has 0 spiro atoms. The highest BCUT2D eigenvalue weighted by Crippen LogP contribution is 2.17. The first-order chi connectivity index (χ1) is 7.85. The van der Waals surface area contributed by atoms with Crippen molar-refractivity contribution in [3.8, 4) is 0 Å². The average Bonchev–Trinajstić information content (AvgIpc) is 2.65. The third-order valence-corrected chi connectivity index (χ3v) is 2.96. The smallest absolute Gasteiger partial charge is 0.233 e. The maximum Gasteiger partial charge on any atom is 0.233 e. The number of aliphatic hydroxyl groups is 1. The molecule has 1 aliphatic rings. The molecule has 3 rings (SSSR count). The van der Waals surface area contributed by atoms with Crippen LogP contribution in [0.5, 0.6) is 0 Å². The molecule has 0 saturated carbocycles. The van der Waals surface area contributed by atoms with Gasteiger partial charge in [-0.2, -0.15) is 0 Å². The summed E-state index contributed by atoms with van der Waals surface area (Å²) < 4.78 is 1.93. The number of likely N-dealkylation sites (tertiary alicyclic amines) is 1. The third-order valence-electron chi connectivity index (χ3n) is 2.96. The molecule has 16 heavy (non-hydrogen) atoms. The maximum atomic E-state index is 8.93. The van der Waals surface area contributed by atoms with Crippen molar-refractivity contribution in [1.29, 1.82) is 0 Å². The number of hydrogen-bond donors (Lipinski definition) is 1. The molecule has 0 bridgehead atoms. The van der Waals surface area contributed by atoms with Gasteiger partial charge in [-0.25, -0.2) is 9.97 Å². The number of rotatable bonds is 3. The van der Waals surface area contributed by atoms with Crippen LogP contribution in [0.1, 0.15) is 5.69 Å². The number of imidazole rings is 1. The van der Waals surface area contributed by atoms with Crippen molar-refractivity contribution in [2.24, 2.45) is 5.92 Å². The van der Waals surface area contributed by atoms with E-state index in [1.54, 1.807) is 6.20 Å². The fourth-order valence-corrected chi connectivity index (χ4v) is 2.11. The molecule has 0 aromatic carbocycles. The zero-order chi connectivity index (χ0) is 11.0. The van der Waals surface area contributed by atoms with Gasteiger partial charge < -0.3 is 5.11 Å². The lowest BCUT2D eigenvalue weighted by molar-refractivity contribution is 0.0471. The Morgan fingerprint density at radius 2 is 2.31 bits per heavy atom. The normalized spacial score (nSPS) is 17.8. The molecule has 5 nitrogen and oxygen atoms in total. The van der Waals surface area contributed by atoms with Crippen LogP contribution in [0.25, 0.3) is 5.78 Å². The molecular formula is C11H14N4O. The minimum atomic E-state index is 0.295. The topological polar surface area (TPSA) is 53.7 Å². The van der Waals surface area contributed by atoms with Crippen LogP contribution < -0.4 is 0 Å². The van der Waals surface area contributed by atoms with Crippen LogP contribution >= 0.6 is 0 Å². The fraction of sp³-hybridized carbons (Fsp3) is 0.455. The zero-order valence-corrected chi connectivity index (χ0v) is 8.95. The maximum absolute atomic E-state index is 8.93. The fourth-order valence-electron chi connectivity index (χ4n) is 2.11. The van der Waals surface area contributed by atoms with Crippen LogP contribution in [0.15, 0.2) is 24.7 Å². The lowest BCUT2D eigenvalue weighted by Crippen LogP contribution is -2.47. The van der Waals surface area contributed by atoms with E-state index in [0.29, 0.717) is 12.5 Å². The van der Waals surface area contributed by atoms with Crippen LogP contribution in [-0.4, -0.2) is 44.1 Å². The summed E-state index contributed by atoms with van der Waals surface area (Å²) in [6.45, 7) is 3.08. The molecule has 84 valence electrons.